The van der Waals surface area contributed by atoms with E-state index < -0.39 is 11.7 Å². The van der Waals surface area contributed by atoms with Crippen molar-refractivity contribution in [1.29, 1.82) is 0 Å². The van der Waals surface area contributed by atoms with E-state index in [2.05, 4.69) is 23.7 Å². The first-order chi connectivity index (χ1) is 12.3. The Morgan fingerprint density at radius 1 is 1.31 bits per heavy atom. The number of carbonyl (C=O) groups is 2. The van der Waals surface area contributed by atoms with Gasteiger partial charge in [0.1, 0.15) is 0 Å². The van der Waals surface area contributed by atoms with E-state index in [1.54, 1.807) is 4.90 Å². The molecule has 2 rings (SSSR count). The molecule has 0 bridgehead atoms. The molecule has 0 saturated carbocycles. The second-order valence-corrected chi connectivity index (χ2v) is 5.92. The molecule has 26 heavy (non-hydrogen) atoms. The smallest absolute Gasteiger partial charge is 0.345 e. The summed E-state index contributed by atoms with van der Waals surface area (Å²) in [5, 5.41) is 2.68. The van der Waals surface area contributed by atoms with Crippen LogP contribution in [0.4, 0.5) is 13.2 Å². The number of alkyl halides is 3. The highest BCUT2D eigenvalue weighted by Crippen LogP contribution is 2.28. The maximum atomic E-state index is 12.5. The van der Waals surface area contributed by atoms with Crippen molar-refractivity contribution in [2.24, 2.45) is 5.92 Å². The van der Waals surface area contributed by atoms with E-state index in [-0.39, 0.29) is 24.3 Å². The van der Waals surface area contributed by atoms with Crippen LogP contribution in [-0.2, 0) is 15.8 Å². The number of halogens is 3. The number of nitrogens with zero attached hydrogens (tertiary/aromatic N) is 1. The Kier molecular flexibility index (Phi) is 6.45. The van der Waals surface area contributed by atoms with Crippen molar-refractivity contribution in [3.8, 4) is 11.8 Å². The molecule has 1 fully saturated rings. The van der Waals surface area contributed by atoms with Crippen molar-refractivity contribution in [1.82, 2.24) is 10.2 Å². The Morgan fingerprint density at radius 3 is 2.62 bits per heavy atom. The fourth-order valence-electron chi connectivity index (χ4n) is 2.68. The van der Waals surface area contributed by atoms with Crippen LogP contribution in [0.2, 0.25) is 0 Å². The maximum absolute atomic E-state index is 12.5. The summed E-state index contributed by atoms with van der Waals surface area (Å²) in [5.41, 5.74) is -0.292. The van der Waals surface area contributed by atoms with Gasteiger partial charge in [-0.2, -0.15) is 13.2 Å². The number of nitrogens with one attached hydrogen (secondary N) is 1. The molecule has 1 aromatic carbocycles. The highest BCUT2D eigenvalue weighted by Gasteiger charge is 2.30. The van der Waals surface area contributed by atoms with Gasteiger partial charge in [0.05, 0.1) is 18.0 Å². The van der Waals surface area contributed by atoms with E-state index >= 15 is 0 Å². The normalized spacial score (nSPS) is 17.0. The topological polar surface area (TPSA) is 49.4 Å². The third-order valence-electron chi connectivity index (χ3n) is 4.07. The standard InChI is InChI=1S/C19H19F3N2O2/c1-2-17(25)24-12-4-6-15(13-24)18(26)23-11-3-5-14-7-9-16(10-8-14)19(20,21)22/h2,7-10,15H,1,4,6,11-13H2,(H,23,26). The van der Waals surface area contributed by atoms with Crippen LogP contribution >= 0.6 is 0 Å². The Morgan fingerprint density at radius 2 is 2.00 bits per heavy atom. The van der Waals surface area contributed by atoms with Crippen LogP contribution in [0.3, 0.4) is 0 Å². The molecule has 1 aliphatic heterocycles. The summed E-state index contributed by atoms with van der Waals surface area (Å²) in [6, 6.07) is 4.51. The van der Waals surface area contributed by atoms with Crippen molar-refractivity contribution in [2.75, 3.05) is 19.6 Å². The predicted molar refractivity (Wildman–Crippen MR) is 90.8 cm³/mol. The lowest BCUT2D eigenvalue weighted by Gasteiger charge is -2.31. The number of carbonyl (C=O) groups excluding carboxylic acids is 2. The first-order valence-electron chi connectivity index (χ1n) is 8.16. The minimum Gasteiger partial charge on any atom is -0.345 e. The van der Waals surface area contributed by atoms with E-state index in [1.165, 1.54) is 18.2 Å². The van der Waals surface area contributed by atoms with Gasteiger partial charge in [0, 0.05) is 18.7 Å². The average Bonchev–Trinajstić information content (AvgIpc) is 2.64. The van der Waals surface area contributed by atoms with Crippen molar-refractivity contribution < 1.29 is 22.8 Å². The predicted octanol–water partition coefficient (Wildman–Crippen LogP) is 2.60. The number of rotatable bonds is 3. The van der Waals surface area contributed by atoms with E-state index in [0.717, 1.165) is 18.6 Å². The molecule has 1 aliphatic rings. The van der Waals surface area contributed by atoms with Crippen LogP contribution in [0.5, 0.6) is 0 Å². The van der Waals surface area contributed by atoms with Crippen molar-refractivity contribution in [2.45, 2.75) is 19.0 Å². The van der Waals surface area contributed by atoms with Gasteiger partial charge in [0.25, 0.3) is 0 Å². The first-order valence-corrected chi connectivity index (χ1v) is 8.16. The molecule has 1 saturated heterocycles. The number of likely N-dealkylation sites (tertiary alicyclic amines) is 1. The van der Waals surface area contributed by atoms with Crippen LogP contribution in [0, 0.1) is 17.8 Å². The zero-order valence-corrected chi connectivity index (χ0v) is 14.1. The molecule has 1 N–H and O–H groups in total. The van der Waals surface area contributed by atoms with Gasteiger partial charge >= 0.3 is 6.18 Å². The van der Waals surface area contributed by atoms with E-state index in [9.17, 15) is 22.8 Å². The van der Waals surface area contributed by atoms with Crippen LogP contribution in [0.15, 0.2) is 36.9 Å². The molecular weight excluding hydrogens is 345 g/mol. The van der Waals surface area contributed by atoms with Gasteiger partial charge in [-0.3, -0.25) is 9.59 Å². The molecule has 0 radical (unpaired) electrons. The number of hydrogen-bond donors (Lipinski definition) is 1. The van der Waals surface area contributed by atoms with Crippen LogP contribution in [0.25, 0.3) is 0 Å². The fourth-order valence-corrected chi connectivity index (χ4v) is 2.68. The number of hydrogen-bond acceptors (Lipinski definition) is 2. The SMILES string of the molecule is C=CC(=O)N1CCCC(C(=O)NCC#Cc2ccc(C(F)(F)F)cc2)C1. The lowest BCUT2D eigenvalue weighted by Crippen LogP contribution is -2.45. The summed E-state index contributed by atoms with van der Waals surface area (Å²) in [4.78, 5) is 25.4. The Labute approximate surface area is 150 Å². The van der Waals surface area contributed by atoms with E-state index in [0.29, 0.717) is 25.1 Å². The molecule has 4 nitrogen and oxygen atoms in total. The Hall–Kier alpha value is -2.75. The molecule has 1 heterocycles. The van der Waals surface area contributed by atoms with E-state index in [1.807, 2.05) is 0 Å². The summed E-state index contributed by atoms with van der Waals surface area (Å²) >= 11 is 0. The largest absolute Gasteiger partial charge is 0.416 e. The zero-order chi connectivity index (χ0) is 19.2. The highest BCUT2D eigenvalue weighted by atomic mass is 19.4. The number of piperidine rings is 1. The quantitative estimate of drug-likeness (QED) is 0.662. The number of amides is 2. The van der Waals surface area contributed by atoms with Crippen molar-refractivity contribution >= 4 is 11.8 Å². The van der Waals surface area contributed by atoms with Gasteiger partial charge in [-0.15, -0.1) is 0 Å². The molecular formula is C19H19F3N2O2. The average molecular weight is 364 g/mol. The summed E-state index contributed by atoms with van der Waals surface area (Å²) in [6.45, 7) is 4.49. The van der Waals surface area contributed by atoms with Gasteiger partial charge in [0.15, 0.2) is 0 Å². The molecule has 0 aromatic heterocycles. The van der Waals surface area contributed by atoms with Gasteiger partial charge in [0.2, 0.25) is 11.8 Å². The van der Waals surface area contributed by atoms with Gasteiger partial charge < -0.3 is 10.2 Å². The molecule has 0 aliphatic carbocycles. The monoisotopic (exact) mass is 364 g/mol. The van der Waals surface area contributed by atoms with Crippen LogP contribution < -0.4 is 5.32 Å². The van der Waals surface area contributed by atoms with Crippen molar-refractivity contribution in [3.63, 3.8) is 0 Å². The lowest BCUT2D eigenvalue weighted by molar-refractivity contribution is -0.137. The van der Waals surface area contributed by atoms with Crippen LogP contribution in [0.1, 0.15) is 24.0 Å². The van der Waals surface area contributed by atoms with Gasteiger partial charge in [-0.05, 0) is 43.2 Å². The minimum atomic E-state index is -4.37. The lowest BCUT2D eigenvalue weighted by atomic mass is 9.97. The molecule has 2 amide bonds. The molecule has 1 unspecified atom stereocenters. The summed E-state index contributed by atoms with van der Waals surface area (Å²) < 4.78 is 37.4. The van der Waals surface area contributed by atoms with Crippen molar-refractivity contribution in [3.05, 3.63) is 48.0 Å². The summed E-state index contributed by atoms with van der Waals surface area (Å²) in [7, 11) is 0. The number of benzene rings is 1. The maximum Gasteiger partial charge on any atom is 0.416 e. The first kappa shape index (κ1) is 19.6. The molecule has 7 heteroatoms. The zero-order valence-electron chi connectivity index (χ0n) is 14.1. The highest BCUT2D eigenvalue weighted by molar-refractivity contribution is 5.88. The third kappa shape index (κ3) is 5.38. The fraction of sp³-hybridized carbons (Fsp3) is 0.368. The Bertz CT molecular complexity index is 730. The van der Waals surface area contributed by atoms with Gasteiger partial charge in [-0.1, -0.05) is 18.4 Å². The second-order valence-electron chi connectivity index (χ2n) is 5.92. The molecule has 1 atom stereocenters. The molecule has 138 valence electrons. The molecule has 1 aromatic rings. The second kappa shape index (κ2) is 8.56. The summed E-state index contributed by atoms with van der Waals surface area (Å²) in [6.07, 6.45) is -1.70. The summed E-state index contributed by atoms with van der Waals surface area (Å²) in [5.74, 6) is 4.75. The molecule has 0 spiro atoms. The van der Waals surface area contributed by atoms with E-state index in [4.69, 9.17) is 0 Å². The van der Waals surface area contributed by atoms with Gasteiger partial charge in [-0.25, -0.2) is 0 Å². The third-order valence-corrected chi connectivity index (χ3v) is 4.07. The Balaban J connectivity index is 1.84. The minimum absolute atomic E-state index is 0.0890. The van der Waals surface area contributed by atoms with Crippen LogP contribution in [-0.4, -0.2) is 36.3 Å².